The van der Waals surface area contributed by atoms with Gasteiger partial charge in [0, 0.05) is 52.3 Å². The minimum absolute atomic E-state index is 0.294. The van der Waals surface area contributed by atoms with Gasteiger partial charge < -0.3 is 15.6 Å². The summed E-state index contributed by atoms with van der Waals surface area (Å²) < 4.78 is 13.8. The summed E-state index contributed by atoms with van der Waals surface area (Å²) in [7, 11) is 0. The van der Waals surface area contributed by atoms with Crippen molar-refractivity contribution < 1.29 is 4.39 Å². The first-order valence-electron chi connectivity index (χ1n) is 10.8. The molecule has 3 heterocycles. The maximum Gasteiger partial charge on any atom is 0.138 e. The number of aromatic nitrogens is 4. The van der Waals surface area contributed by atoms with Gasteiger partial charge in [-0.05, 0) is 66.7 Å². The second kappa shape index (κ2) is 8.29. The van der Waals surface area contributed by atoms with Gasteiger partial charge in [0.15, 0.2) is 0 Å². The molecule has 0 spiro atoms. The molecular weight excluding hydrogens is 427 g/mol. The monoisotopic (exact) mass is 446 g/mol. The Morgan fingerprint density at radius 2 is 1.56 bits per heavy atom. The summed E-state index contributed by atoms with van der Waals surface area (Å²) in [6.45, 7) is 0. The second-order valence-electron chi connectivity index (χ2n) is 7.90. The average Bonchev–Trinajstić information content (AvgIpc) is 3.29. The number of anilines is 4. The van der Waals surface area contributed by atoms with Crippen LogP contribution in [0.3, 0.4) is 0 Å². The normalized spacial score (nSPS) is 11.1. The predicted octanol–water partition coefficient (Wildman–Crippen LogP) is 6.80. The molecule has 0 saturated carbocycles. The number of H-pyrrole nitrogens is 1. The summed E-state index contributed by atoms with van der Waals surface area (Å²) in [5.41, 5.74) is 7.07. The molecule has 3 N–H and O–H groups in total. The van der Waals surface area contributed by atoms with Crippen molar-refractivity contribution in [3.05, 3.63) is 103 Å². The highest BCUT2D eigenvalue weighted by atomic mass is 19.1. The van der Waals surface area contributed by atoms with E-state index in [1.807, 2.05) is 60.7 Å². The summed E-state index contributed by atoms with van der Waals surface area (Å²) in [6, 6.07) is 24.2. The molecule has 0 unspecified atom stereocenters. The Morgan fingerprint density at radius 3 is 2.47 bits per heavy atom. The third-order valence-corrected chi connectivity index (χ3v) is 5.57. The van der Waals surface area contributed by atoms with Crippen molar-refractivity contribution in [3.63, 3.8) is 0 Å². The first kappa shape index (κ1) is 19.9. The molecule has 6 rings (SSSR count). The van der Waals surface area contributed by atoms with Crippen LogP contribution in [-0.2, 0) is 0 Å². The lowest BCUT2D eigenvalue weighted by molar-refractivity contribution is 0.629. The molecule has 3 aromatic heterocycles. The zero-order valence-electron chi connectivity index (χ0n) is 18.0. The van der Waals surface area contributed by atoms with Gasteiger partial charge in [-0.25, -0.2) is 9.37 Å². The fourth-order valence-electron chi connectivity index (χ4n) is 3.95. The van der Waals surface area contributed by atoms with Crippen LogP contribution in [0.5, 0.6) is 0 Å². The van der Waals surface area contributed by atoms with Crippen LogP contribution in [0, 0.1) is 5.82 Å². The lowest BCUT2D eigenvalue weighted by Gasteiger charge is -2.10. The van der Waals surface area contributed by atoms with Gasteiger partial charge in [-0.3, -0.25) is 9.97 Å². The standard InChI is InChI=1S/C27H19FN6/c28-18-4-6-23-22(15-18)24(10-13-30-23)32-20-3-1-2-17(14-20)27-33-25-7-5-21(16-26(25)34-27)31-19-8-11-29-12-9-19/h1-16H,(H,29,31)(H,30,32)(H,33,34). The Morgan fingerprint density at radius 1 is 0.706 bits per heavy atom. The van der Waals surface area contributed by atoms with Crippen molar-refractivity contribution in [1.29, 1.82) is 0 Å². The van der Waals surface area contributed by atoms with Crippen LogP contribution < -0.4 is 10.6 Å². The highest BCUT2D eigenvalue weighted by Crippen LogP contribution is 2.29. The number of benzene rings is 3. The van der Waals surface area contributed by atoms with Gasteiger partial charge in [-0.2, -0.15) is 0 Å². The SMILES string of the molecule is Fc1ccc2nccc(Nc3cccc(-c4nc5ccc(Nc6ccncc6)cc5[nH]4)c3)c2c1. The van der Waals surface area contributed by atoms with Crippen LogP contribution in [-0.4, -0.2) is 19.9 Å². The maximum absolute atomic E-state index is 13.8. The molecule has 6 nitrogen and oxygen atoms in total. The molecule has 0 saturated heterocycles. The molecule has 3 aromatic carbocycles. The molecule has 0 aliphatic carbocycles. The summed E-state index contributed by atoms with van der Waals surface area (Å²) in [5.74, 6) is 0.475. The fraction of sp³-hybridized carbons (Fsp3) is 0. The number of hydrogen-bond acceptors (Lipinski definition) is 5. The van der Waals surface area contributed by atoms with Gasteiger partial charge >= 0.3 is 0 Å². The van der Waals surface area contributed by atoms with Crippen molar-refractivity contribution in [3.8, 4) is 11.4 Å². The Labute approximate surface area is 194 Å². The highest BCUT2D eigenvalue weighted by Gasteiger charge is 2.09. The molecule has 0 bridgehead atoms. The van der Waals surface area contributed by atoms with E-state index in [0.717, 1.165) is 56.1 Å². The van der Waals surface area contributed by atoms with Gasteiger partial charge in [0.25, 0.3) is 0 Å². The molecule has 0 fully saturated rings. The van der Waals surface area contributed by atoms with E-state index < -0.39 is 0 Å². The molecule has 6 aromatic rings. The number of nitrogens with zero attached hydrogens (tertiary/aromatic N) is 3. The lowest BCUT2D eigenvalue weighted by atomic mass is 10.1. The van der Waals surface area contributed by atoms with Gasteiger partial charge in [0.05, 0.1) is 16.6 Å². The average molecular weight is 446 g/mol. The number of imidazole rings is 1. The number of aromatic amines is 1. The van der Waals surface area contributed by atoms with Crippen LogP contribution in [0.2, 0.25) is 0 Å². The molecule has 0 aliphatic heterocycles. The summed E-state index contributed by atoms with van der Waals surface area (Å²) in [6.07, 6.45) is 5.21. The van der Waals surface area contributed by atoms with E-state index >= 15 is 0 Å². The highest BCUT2D eigenvalue weighted by molar-refractivity contribution is 5.93. The Balaban J connectivity index is 1.30. The van der Waals surface area contributed by atoms with E-state index in [9.17, 15) is 4.39 Å². The van der Waals surface area contributed by atoms with Crippen molar-refractivity contribution in [2.45, 2.75) is 0 Å². The van der Waals surface area contributed by atoms with E-state index in [4.69, 9.17) is 4.98 Å². The van der Waals surface area contributed by atoms with Crippen LogP contribution in [0.4, 0.5) is 27.1 Å². The van der Waals surface area contributed by atoms with E-state index in [1.165, 1.54) is 12.1 Å². The Hall–Kier alpha value is -4.78. The molecule has 7 heteroatoms. The Kier molecular flexibility index (Phi) is 4.85. The lowest BCUT2D eigenvalue weighted by Crippen LogP contribution is -1.94. The number of halogens is 1. The van der Waals surface area contributed by atoms with Crippen molar-refractivity contribution in [1.82, 2.24) is 19.9 Å². The third kappa shape index (κ3) is 3.91. The number of rotatable bonds is 5. The molecule has 0 aliphatic rings. The largest absolute Gasteiger partial charge is 0.355 e. The smallest absolute Gasteiger partial charge is 0.138 e. The molecule has 0 atom stereocenters. The van der Waals surface area contributed by atoms with E-state index in [0.29, 0.717) is 0 Å². The third-order valence-electron chi connectivity index (χ3n) is 5.57. The number of nitrogens with one attached hydrogen (secondary N) is 3. The Bertz CT molecular complexity index is 1630. The minimum Gasteiger partial charge on any atom is -0.355 e. The molecule has 164 valence electrons. The van der Waals surface area contributed by atoms with Gasteiger partial charge in [0.1, 0.15) is 11.6 Å². The zero-order valence-corrected chi connectivity index (χ0v) is 18.0. The molecule has 0 amide bonds. The predicted molar refractivity (Wildman–Crippen MR) is 134 cm³/mol. The van der Waals surface area contributed by atoms with E-state index in [2.05, 4.69) is 25.6 Å². The number of pyridine rings is 2. The minimum atomic E-state index is -0.294. The molecule has 0 radical (unpaired) electrons. The fourth-order valence-corrected chi connectivity index (χ4v) is 3.95. The zero-order chi connectivity index (χ0) is 22.9. The molecule has 34 heavy (non-hydrogen) atoms. The molecular formula is C27H19FN6. The quantitative estimate of drug-likeness (QED) is 0.271. The summed E-state index contributed by atoms with van der Waals surface area (Å²) in [5, 5.41) is 7.49. The second-order valence-corrected chi connectivity index (χ2v) is 7.90. The van der Waals surface area contributed by atoms with Gasteiger partial charge in [-0.15, -0.1) is 0 Å². The van der Waals surface area contributed by atoms with Crippen molar-refractivity contribution in [2.75, 3.05) is 10.6 Å². The first-order chi connectivity index (χ1) is 16.7. The van der Waals surface area contributed by atoms with E-state index in [1.54, 1.807) is 24.7 Å². The van der Waals surface area contributed by atoms with Crippen molar-refractivity contribution >= 4 is 44.7 Å². The van der Waals surface area contributed by atoms with Crippen LogP contribution in [0.25, 0.3) is 33.3 Å². The first-order valence-corrected chi connectivity index (χ1v) is 10.8. The number of hydrogen-bond donors (Lipinski definition) is 3. The maximum atomic E-state index is 13.8. The van der Waals surface area contributed by atoms with Crippen molar-refractivity contribution in [2.24, 2.45) is 0 Å². The topological polar surface area (TPSA) is 78.5 Å². The van der Waals surface area contributed by atoms with Gasteiger partial charge in [-0.1, -0.05) is 12.1 Å². The van der Waals surface area contributed by atoms with Crippen LogP contribution in [0.15, 0.2) is 97.5 Å². The summed E-state index contributed by atoms with van der Waals surface area (Å²) >= 11 is 0. The van der Waals surface area contributed by atoms with Crippen LogP contribution in [0.1, 0.15) is 0 Å². The van der Waals surface area contributed by atoms with E-state index in [-0.39, 0.29) is 5.82 Å². The van der Waals surface area contributed by atoms with Gasteiger partial charge in [0.2, 0.25) is 0 Å². The van der Waals surface area contributed by atoms with Crippen LogP contribution >= 0.6 is 0 Å². The number of fused-ring (bicyclic) bond motifs is 2. The summed E-state index contributed by atoms with van der Waals surface area (Å²) in [4.78, 5) is 16.5.